The predicted molar refractivity (Wildman–Crippen MR) is 109 cm³/mol. The Morgan fingerprint density at radius 1 is 1.18 bits per heavy atom. The van der Waals surface area contributed by atoms with Crippen molar-refractivity contribution >= 4 is 17.5 Å². The molecule has 1 saturated heterocycles. The van der Waals surface area contributed by atoms with Crippen molar-refractivity contribution in [2.75, 3.05) is 26.2 Å². The molecular weight excluding hydrogens is 372 g/mol. The first-order valence-corrected chi connectivity index (χ1v) is 10.7. The predicted octanol–water partition coefficient (Wildman–Crippen LogP) is 3.30. The van der Waals surface area contributed by atoms with Gasteiger partial charge in [-0.3, -0.25) is 9.69 Å². The van der Waals surface area contributed by atoms with Crippen molar-refractivity contribution in [1.29, 1.82) is 0 Å². The summed E-state index contributed by atoms with van der Waals surface area (Å²) in [6.45, 7) is 5.09. The number of fused-ring (bicyclic) bond motifs is 1. The summed E-state index contributed by atoms with van der Waals surface area (Å²) in [7, 11) is 1.91. The third-order valence-corrected chi connectivity index (χ3v) is 6.84. The lowest BCUT2D eigenvalue weighted by Crippen LogP contribution is -2.37. The van der Waals surface area contributed by atoms with Gasteiger partial charge in [0, 0.05) is 51.0 Å². The molecule has 148 valence electrons. The molecule has 2 unspecified atom stereocenters. The van der Waals surface area contributed by atoms with E-state index in [0.29, 0.717) is 17.5 Å². The van der Waals surface area contributed by atoms with Crippen molar-refractivity contribution in [2.45, 2.75) is 19.4 Å². The molecule has 0 N–H and O–H groups in total. The normalized spacial score (nSPS) is 26.3. The van der Waals surface area contributed by atoms with Crippen molar-refractivity contribution in [1.82, 2.24) is 19.4 Å². The van der Waals surface area contributed by atoms with Crippen LogP contribution in [0.25, 0.3) is 0 Å². The number of aryl methyl sites for hydroxylation is 1. The molecule has 0 radical (unpaired) electrons. The van der Waals surface area contributed by atoms with Crippen molar-refractivity contribution in [3.8, 4) is 0 Å². The second kappa shape index (κ2) is 7.20. The van der Waals surface area contributed by atoms with Gasteiger partial charge in [0.05, 0.1) is 6.33 Å². The Kier molecular flexibility index (Phi) is 4.68. The fourth-order valence-electron chi connectivity index (χ4n) is 4.78. The van der Waals surface area contributed by atoms with Gasteiger partial charge in [-0.05, 0) is 54.2 Å². The van der Waals surface area contributed by atoms with Crippen LogP contribution >= 0.6 is 11.6 Å². The third-order valence-electron chi connectivity index (χ3n) is 6.58. The Labute approximate surface area is 171 Å². The average molecular weight is 399 g/mol. The number of carbonyl (C=O) groups excluding carboxylic acids is 1. The highest BCUT2D eigenvalue weighted by molar-refractivity contribution is 6.30. The molecule has 3 aliphatic rings. The van der Waals surface area contributed by atoms with Gasteiger partial charge < -0.3 is 9.47 Å². The standard InChI is InChI=1S/C22H27ClN4O/c1-25-13-21(24-14-25)22(28)27(9-16-2-3-16)12-20-18-10-26(11-19(18)20)8-15-4-6-17(23)7-5-15/h4-7,13-14,16,18-20H,2-3,8-12H2,1H3. The minimum atomic E-state index is 0.107. The number of benzene rings is 1. The van der Waals surface area contributed by atoms with Crippen LogP contribution in [0.1, 0.15) is 28.9 Å². The molecule has 3 fully saturated rings. The van der Waals surface area contributed by atoms with Crippen LogP contribution in [0.5, 0.6) is 0 Å². The number of likely N-dealkylation sites (tertiary alicyclic amines) is 1. The number of rotatable bonds is 7. The fraction of sp³-hybridized carbons (Fsp3) is 0.545. The molecule has 1 aromatic heterocycles. The average Bonchev–Trinajstić information content (AvgIpc) is 3.50. The summed E-state index contributed by atoms with van der Waals surface area (Å²) in [6.07, 6.45) is 6.07. The maximum atomic E-state index is 13.0. The quantitative estimate of drug-likeness (QED) is 0.718. The lowest BCUT2D eigenvalue weighted by Gasteiger charge is -2.25. The first-order chi connectivity index (χ1) is 13.6. The zero-order valence-corrected chi connectivity index (χ0v) is 17.1. The topological polar surface area (TPSA) is 41.4 Å². The zero-order valence-electron chi connectivity index (χ0n) is 16.3. The zero-order chi connectivity index (χ0) is 19.3. The van der Waals surface area contributed by atoms with E-state index in [1.807, 2.05) is 29.9 Å². The van der Waals surface area contributed by atoms with Gasteiger partial charge in [0.25, 0.3) is 5.91 Å². The van der Waals surface area contributed by atoms with Crippen LogP contribution in [-0.2, 0) is 13.6 Å². The maximum absolute atomic E-state index is 13.0. The van der Waals surface area contributed by atoms with Gasteiger partial charge in [-0.25, -0.2) is 4.98 Å². The van der Waals surface area contributed by atoms with E-state index >= 15 is 0 Å². The Hall–Kier alpha value is -1.85. The number of hydrogen-bond donors (Lipinski definition) is 0. The molecule has 6 heteroatoms. The summed E-state index contributed by atoms with van der Waals surface area (Å²) >= 11 is 5.99. The largest absolute Gasteiger partial charge is 0.340 e. The maximum Gasteiger partial charge on any atom is 0.274 e. The molecule has 2 heterocycles. The molecule has 1 amide bonds. The minimum Gasteiger partial charge on any atom is -0.340 e. The Morgan fingerprint density at radius 2 is 1.89 bits per heavy atom. The second-order valence-electron chi connectivity index (χ2n) is 8.89. The van der Waals surface area contributed by atoms with Crippen LogP contribution in [0.15, 0.2) is 36.8 Å². The number of aromatic nitrogens is 2. The van der Waals surface area contributed by atoms with Gasteiger partial charge in [0.1, 0.15) is 5.69 Å². The summed E-state index contributed by atoms with van der Waals surface area (Å²) in [5, 5.41) is 0.793. The Balaban J connectivity index is 1.17. The lowest BCUT2D eigenvalue weighted by atomic mass is 10.2. The molecule has 2 aliphatic carbocycles. The molecule has 1 aliphatic heterocycles. The van der Waals surface area contributed by atoms with Crippen molar-refractivity contribution < 1.29 is 4.79 Å². The Bertz CT molecular complexity index is 848. The van der Waals surface area contributed by atoms with Gasteiger partial charge in [0.2, 0.25) is 0 Å². The number of piperidine rings is 1. The molecule has 28 heavy (non-hydrogen) atoms. The van der Waals surface area contributed by atoms with Crippen LogP contribution < -0.4 is 0 Å². The molecular formula is C22H27ClN4O. The first-order valence-electron chi connectivity index (χ1n) is 10.3. The second-order valence-corrected chi connectivity index (χ2v) is 9.33. The van der Waals surface area contributed by atoms with Gasteiger partial charge in [-0.1, -0.05) is 23.7 Å². The number of carbonyl (C=O) groups is 1. The van der Waals surface area contributed by atoms with Crippen LogP contribution in [-0.4, -0.2) is 51.4 Å². The van der Waals surface area contributed by atoms with E-state index in [1.54, 1.807) is 6.33 Å². The van der Waals surface area contributed by atoms with Gasteiger partial charge >= 0.3 is 0 Å². The SMILES string of the molecule is Cn1cnc(C(=O)N(CC2CC2)CC2C3CN(Cc4ccc(Cl)cc4)CC32)c1. The molecule has 5 rings (SSSR count). The molecule has 0 spiro atoms. The highest BCUT2D eigenvalue weighted by Gasteiger charge is 2.56. The van der Waals surface area contributed by atoms with Crippen LogP contribution in [0, 0.1) is 23.7 Å². The molecule has 2 atom stereocenters. The van der Waals surface area contributed by atoms with Crippen molar-refractivity contribution in [3.63, 3.8) is 0 Å². The van der Waals surface area contributed by atoms with Gasteiger partial charge in [0.15, 0.2) is 0 Å². The van der Waals surface area contributed by atoms with Crippen LogP contribution in [0.2, 0.25) is 5.02 Å². The molecule has 0 bridgehead atoms. The molecule has 5 nitrogen and oxygen atoms in total. The van der Waals surface area contributed by atoms with Crippen molar-refractivity contribution in [3.05, 3.63) is 53.1 Å². The number of hydrogen-bond acceptors (Lipinski definition) is 3. The van der Waals surface area contributed by atoms with E-state index < -0.39 is 0 Å². The lowest BCUT2D eigenvalue weighted by molar-refractivity contribution is 0.0723. The molecule has 1 aromatic carbocycles. The van der Waals surface area contributed by atoms with E-state index in [0.717, 1.165) is 49.6 Å². The van der Waals surface area contributed by atoms with Gasteiger partial charge in [-0.2, -0.15) is 0 Å². The fourth-order valence-corrected chi connectivity index (χ4v) is 4.90. The number of nitrogens with zero attached hydrogens (tertiary/aromatic N) is 4. The summed E-state index contributed by atoms with van der Waals surface area (Å²) < 4.78 is 1.85. The third kappa shape index (κ3) is 3.83. The minimum absolute atomic E-state index is 0.107. The van der Waals surface area contributed by atoms with E-state index in [-0.39, 0.29) is 5.91 Å². The number of imidazole rings is 1. The summed E-state index contributed by atoms with van der Waals surface area (Å²) in [5.74, 6) is 2.95. The highest BCUT2D eigenvalue weighted by Crippen LogP contribution is 2.52. The summed E-state index contributed by atoms with van der Waals surface area (Å²) in [4.78, 5) is 21.9. The first kappa shape index (κ1) is 18.2. The van der Waals surface area contributed by atoms with E-state index in [9.17, 15) is 4.79 Å². The smallest absolute Gasteiger partial charge is 0.274 e. The summed E-state index contributed by atoms with van der Waals surface area (Å²) in [6, 6.07) is 8.17. The van der Waals surface area contributed by atoms with E-state index in [1.165, 1.54) is 18.4 Å². The van der Waals surface area contributed by atoms with Crippen molar-refractivity contribution in [2.24, 2.45) is 30.7 Å². The molecule has 2 aromatic rings. The summed E-state index contributed by atoms with van der Waals surface area (Å²) in [5.41, 5.74) is 1.90. The van der Waals surface area contributed by atoms with E-state index in [4.69, 9.17) is 11.6 Å². The van der Waals surface area contributed by atoms with Crippen LogP contribution in [0.4, 0.5) is 0 Å². The monoisotopic (exact) mass is 398 g/mol. The highest BCUT2D eigenvalue weighted by atomic mass is 35.5. The molecule has 2 saturated carbocycles. The number of amides is 1. The van der Waals surface area contributed by atoms with Gasteiger partial charge in [-0.15, -0.1) is 0 Å². The van der Waals surface area contributed by atoms with Crippen LogP contribution in [0.3, 0.4) is 0 Å². The Morgan fingerprint density at radius 3 is 2.50 bits per heavy atom. The number of halogens is 1. The van der Waals surface area contributed by atoms with E-state index in [2.05, 4.69) is 26.9 Å².